The third-order valence-corrected chi connectivity index (χ3v) is 1.81. The van der Waals surface area contributed by atoms with E-state index in [2.05, 4.69) is 5.10 Å². The van der Waals surface area contributed by atoms with Crippen LogP contribution in [0.15, 0.2) is 10.9 Å². The maximum absolute atomic E-state index is 12.2. The second-order valence-electron chi connectivity index (χ2n) is 3.31. The third kappa shape index (κ3) is 2.66. The Bertz CT molecular complexity index is 343. The molecule has 0 unspecified atom stereocenters. The van der Waals surface area contributed by atoms with Gasteiger partial charge in [0.1, 0.15) is 5.69 Å². The van der Waals surface area contributed by atoms with Crippen molar-refractivity contribution in [2.45, 2.75) is 13.0 Å². The van der Waals surface area contributed by atoms with Crippen LogP contribution in [0.5, 0.6) is 0 Å². The number of alkyl halides is 2. The van der Waals surface area contributed by atoms with Crippen molar-refractivity contribution < 1.29 is 8.78 Å². The van der Waals surface area contributed by atoms with Gasteiger partial charge in [0.15, 0.2) is 0 Å². The second kappa shape index (κ2) is 4.36. The summed E-state index contributed by atoms with van der Waals surface area (Å²) < 4.78 is 25.5. The summed E-state index contributed by atoms with van der Waals surface area (Å²) in [5.74, 6) is 0. The number of rotatable bonds is 4. The molecule has 0 aliphatic rings. The monoisotopic (exact) mass is 205 g/mol. The molecule has 14 heavy (non-hydrogen) atoms. The van der Waals surface area contributed by atoms with Crippen molar-refractivity contribution in [1.29, 1.82) is 0 Å². The molecule has 0 spiro atoms. The smallest absolute Gasteiger partial charge is 0.279 e. The zero-order valence-electron chi connectivity index (χ0n) is 8.13. The summed E-state index contributed by atoms with van der Waals surface area (Å²) in [6.07, 6.45) is -2.62. The Morgan fingerprint density at radius 3 is 2.64 bits per heavy atom. The molecule has 0 aromatic carbocycles. The minimum atomic E-state index is -2.62. The van der Waals surface area contributed by atoms with E-state index in [0.717, 1.165) is 6.07 Å². The highest BCUT2D eigenvalue weighted by Gasteiger charge is 2.11. The number of hydrogen-bond acceptors (Lipinski definition) is 2. The van der Waals surface area contributed by atoms with Crippen molar-refractivity contribution in [1.82, 2.24) is 14.7 Å². The van der Waals surface area contributed by atoms with Crippen LogP contribution >= 0.6 is 0 Å². The van der Waals surface area contributed by atoms with Crippen LogP contribution < -0.4 is 5.56 Å². The van der Waals surface area contributed by atoms with Crippen molar-refractivity contribution in [2.75, 3.05) is 20.6 Å². The normalized spacial score (nSPS) is 11.6. The molecule has 4 nitrogen and oxygen atoms in total. The predicted molar refractivity (Wildman–Crippen MR) is 48.6 cm³/mol. The zero-order chi connectivity index (χ0) is 10.7. The second-order valence-corrected chi connectivity index (χ2v) is 3.31. The maximum Gasteiger partial charge on any atom is 0.279 e. The minimum Gasteiger partial charge on any atom is -0.308 e. The van der Waals surface area contributed by atoms with Gasteiger partial charge >= 0.3 is 0 Å². The van der Waals surface area contributed by atoms with Crippen LogP contribution in [0, 0.1) is 0 Å². The summed E-state index contributed by atoms with van der Waals surface area (Å²) in [5.41, 5.74) is -0.740. The van der Waals surface area contributed by atoms with Crippen LogP contribution in [0.3, 0.4) is 0 Å². The van der Waals surface area contributed by atoms with Crippen molar-refractivity contribution in [3.05, 3.63) is 22.1 Å². The highest BCUT2D eigenvalue weighted by molar-refractivity contribution is 5.00. The van der Waals surface area contributed by atoms with Gasteiger partial charge in [0.25, 0.3) is 12.0 Å². The van der Waals surface area contributed by atoms with Crippen LogP contribution in [0.1, 0.15) is 12.1 Å². The Hall–Kier alpha value is -1.17. The highest BCUT2D eigenvalue weighted by atomic mass is 19.3. The molecule has 0 aliphatic carbocycles. The number of H-pyrrole nitrogens is 1. The van der Waals surface area contributed by atoms with Crippen LogP contribution in [0.2, 0.25) is 0 Å². The summed E-state index contributed by atoms with van der Waals surface area (Å²) >= 11 is 0. The summed E-state index contributed by atoms with van der Waals surface area (Å²) in [6, 6.07) is 0.931. The summed E-state index contributed by atoms with van der Waals surface area (Å²) in [7, 11) is 3.70. The van der Waals surface area contributed by atoms with E-state index in [0.29, 0.717) is 13.1 Å². The Balaban J connectivity index is 2.73. The molecule has 1 aromatic heterocycles. The Morgan fingerprint density at radius 2 is 2.21 bits per heavy atom. The SMILES string of the molecule is CN(C)CCn1[nH]c(C(F)F)cc1=O. The number of halogens is 2. The Labute approximate surface area is 80.1 Å². The van der Waals surface area contributed by atoms with Crippen LogP contribution in [-0.4, -0.2) is 35.3 Å². The standard InChI is InChI=1S/C8H13F2N3O/c1-12(2)3-4-13-7(14)5-6(11-13)8(9)10/h5,8,11H,3-4H2,1-2H3. The molecule has 6 heteroatoms. The summed E-state index contributed by atoms with van der Waals surface area (Å²) in [5, 5.41) is 2.36. The largest absolute Gasteiger partial charge is 0.308 e. The lowest BCUT2D eigenvalue weighted by atomic mass is 10.5. The minimum absolute atomic E-state index is 0.325. The molecule has 0 radical (unpaired) electrons. The van der Waals surface area contributed by atoms with Gasteiger partial charge < -0.3 is 4.90 Å². The number of nitrogens with one attached hydrogen (secondary N) is 1. The van der Waals surface area contributed by atoms with Crippen LogP contribution in [0.4, 0.5) is 8.78 Å². The van der Waals surface area contributed by atoms with Crippen LogP contribution in [0.25, 0.3) is 0 Å². The van der Waals surface area contributed by atoms with Crippen molar-refractivity contribution in [2.24, 2.45) is 0 Å². The van der Waals surface area contributed by atoms with E-state index in [4.69, 9.17) is 0 Å². The van der Waals surface area contributed by atoms with Crippen molar-refractivity contribution in [3.63, 3.8) is 0 Å². The molecular formula is C8H13F2N3O. The predicted octanol–water partition coefficient (Wildman–Crippen LogP) is 0.676. The molecule has 0 amide bonds. The molecule has 80 valence electrons. The first-order chi connectivity index (χ1) is 6.50. The summed E-state index contributed by atoms with van der Waals surface area (Å²) in [4.78, 5) is 13.0. The lowest BCUT2D eigenvalue weighted by Crippen LogP contribution is -2.24. The Kier molecular flexibility index (Phi) is 3.40. The fourth-order valence-corrected chi connectivity index (χ4v) is 1.03. The van der Waals surface area contributed by atoms with Gasteiger partial charge in [0, 0.05) is 12.6 Å². The lowest BCUT2D eigenvalue weighted by molar-refractivity contribution is 0.145. The maximum atomic E-state index is 12.2. The van der Waals surface area contributed by atoms with E-state index in [1.54, 1.807) is 0 Å². The topological polar surface area (TPSA) is 41.0 Å². The van der Waals surface area contributed by atoms with Gasteiger partial charge in [-0.1, -0.05) is 0 Å². The molecule has 0 aliphatic heterocycles. The quantitative estimate of drug-likeness (QED) is 0.785. The van der Waals surface area contributed by atoms with E-state index >= 15 is 0 Å². The van der Waals surface area contributed by atoms with E-state index < -0.39 is 12.0 Å². The van der Waals surface area contributed by atoms with Gasteiger partial charge in [-0.15, -0.1) is 0 Å². The molecular weight excluding hydrogens is 192 g/mol. The Morgan fingerprint density at radius 1 is 1.57 bits per heavy atom. The van der Waals surface area contributed by atoms with E-state index in [-0.39, 0.29) is 5.69 Å². The molecule has 1 aromatic rings. The molecule has 0 fully saturated rings. The number of likely N-dealkylation sites (N-methyl/N-ethyl adjacent to an activating group) is 1. The van der Waals surface area contributed by atoms with E-state index in [1.165, 1.54) is 4.68 Å². The van der Waals surface area contributed by atoms with Gasteiger partial charge in [-0.05, 0) is 14.1 Å². The first-order valence-corrected chi connectivity index (χ1v) is 4.23. The zero-order valence-corrected chi connectivity index (χ0v) is 8.13. The summed E-state index contributed by atoms with van der Waals surface area (Å²) in [6.45, 7) is 1.02. The lowest BCUT2D eigenvalue weighted by Gasteiger charge is -2.08. The highest BCUT2D eigenvalue weighted by Crippen LogP contribution is 2.13. The fraction of sp³-hybridized carbons (Fsp3) is 0.625. The third-order valence-electron chi connectivity index (χ3n) is 1.81. The molecule has 0 bridgehead atoms. The number of nitrogens with zero attached hydrogens (tertiary/aromatic N) is 2. The van der Waals surface area contributed by atoms with E-state index in [9.17, 15) is 13.6 Å². The number of aromatic amines is 1. The first kappa shape index (κ1) is 10.9. The van der Waals surface area contributed by atoms with E-state index in [1.807, 2.05) is 19.0 Å². The molecule has 0 atom stereocenters. The van der Waals surface area contributed by atoms with Gasteiger partial charge in [-0.25, -0.2) is 8.78 Å². The fourth-order valence-electron chi connectivity index (χ4n) is 1.03. The van der Waals surface area contributed by atoms with Gasteiger partial charge in [-0.3, -0.25) is 14.6 Å². The van der Waals surface area contributed by atoms with Crippen molar-refractivity contribution in [3.8, 4) is 0 Å². The van der Waals surface area contributed by atoms with Gasteiger partial charge in [0.05, 0.1) is 6.54 Å². The average Bonchev–Trinajstić information content (AvgIpc) is 2.43. The molecule has 0 saturated carbocycles. The first-order valence-electron chi connectivity index (χ1n) is 4.23. The molecule has 1 heterocycles. The van der Waals surface area contributed by atoms with Gasteiger partial charge in [-0.2, -0.15) is 0 Å². The van der Waals surface area contributed by atoms with Crippen LogP contribution in [-0.2, 0) is 6.54 Å². The number of aromatic nitrogens is 2. The molecule has 1 rings (SSSR count). The van der Waals surface area contributed by atoms with Gasteiger partial charge in [0.2, 0.25) is 0 Å². The molecule has 0 saturated heterocycles. The molecule has 1 N–H and O–H groups in total. The number of hydrogen-bond donors (Lipinski definition) is 1. The van der Waals surface area contributed by atoms with Crippen molar-refractivity contribution >= 4 is 0 Å². The average molecular weight is 205 g/mol.